The van der Waals surface area contributed by atoms with Crippen LogP contribution in [0.15, 0.2) is 53.4 Å². The molecule has 1 aliphatic heterocycles. The van der Waals surface area contributed by atoms with Gasteiger partial charge in [-0.1, -0.05) is 17.3 Å². The summed E-state index contributed by atoms with van der Waals surface area (Å²) in [5.41, 5.74) is 4.13. The monoisotopic (exact) mass is 499 g/mol. The van der Waals surface area contributed by atoms with E-state index in [1.807, 2.05) is 30.3 Å². The van der Waals surface area contributed by atoms with E-state index in [2.05, 4.69) is 46.8 Å². The summed E-state index contributed by atoms with van der Waals surface area (Å²) in [5.74, 6) is 2.67. The lowest BCUT2D eigenvalue weighted by Crippen LogP contribution is -2.46. The first-order valence-corrected chi connectivity index (χ1v) is 12.5. The summed E-state index contributed by atoms with van der Waals surface area (Å²) in [4.78, 5) is 26.2. The number of benzene rings is 1. The van der Waals surface area contributed by atoms with E-state index in [-0.39, 0.29) is 5.91 Å². The van der Waals surface area contributed by atoms with Crippen LogP contribution in [0.2, 0.25) is 0 Å². The van der Waals surface area contributed by atoms with Crippen LogP contribution in [-0.4, -0.2) is 62.3 Å². The molecule has 2 aliphatic rings. The molecule has 3 N–H and O–H groups in total. The van der Waals surface area contributed by atoms with Crippen molar-refractivity contribution in [2.24, 2.45) is 0 Å². The van der Waals surface area contributed by atoms with E-state index in [1.54, 1.807) is 13.1 Å². The highest BCUT2D eigenvalue weighted by Gasteiger charge is 2.25. The molecule has 11 heteroatoms. The molecule has 3 aromatic heterocycles. The van der Waals surface area contributed by atoms with Crippen molar-refractivity contribution in [1.29, 1.82) is 0 Å². The van der Waals surface area contributed by atoms with Crippen LogP contribution in [0, 0.1) is 6.92 Å². The van der Waals surface area contributed by atoms with E-state index < -0.39 is 0 Å². The minimum Gasteiger partial charge on any atom is -0.364 e. The van der Waals surface area contributed by atoms with Crippen LogP contribution in [0.4, 0.5) is 23.3 Å². The number of hydrogen-bond donors (Lipinski definition) is 3. The summed E-state index contributed by atoms with van der Waals surface area (Å²) in [6.07, 6.45) is 5.62. The number of nitrogens with zero attached hydrogens (tertiary/aromatic N) is 6. The normalized spacial score (nSPS) is 16.1. The smallest absolute Gasteiger partial charge is 0.260 e. The molecule has 1 saturated heterocycles. The predicted octanol–water partition coefficient (Wildman–Crippen LogP) is 3.69. The lowest BCUT2D eigenvalue weighted by molar-refractivity contribution is 0.102. The fraction of sp³-hybridized carbons (Fsp3) is 0.346. The van der Waals surface area contributed by atoms with E-state index in [9.17, 15) is 4.79 Å². The van der Waals surface area contributed by atoms with E-state index in [0.717, 1.165) is 56.0 Å². The van der Waals surface area contributed by atoms with Gasteiger partial charge in [-0.3, -0.25) is 14.8 Å². The van der Waals surface area contributed by atoms with Crippen LogP contribution in [0.1, 0.15) is 46.1 Å². The molecular formula is C26H29N9O2. The van der Waals surface area contributed by atoms with Gasteiger partial charge in [0.1, 0.15) is 17.6 Å². The van der Waals surface area contributed by atoms with Crippen molar-refractivity contribution in [2.75, 3.05) is 41.7 Å². The maximum absolute atomic E-state index is 12.3. The van der Waals surface area contributed by atoms with Gasteiger partial charge in [0, 0.05) is 62.3 Å². The molecule has 190 valence electrons. The summed E-state index contributed by atoms with van der Waals surface area (Å²) in [6, 6.07) is 11.9. The molecular weight excluding hydrogens is 470 g/mol. The number of aromatic nitrogens is 5. The minimum absolute atomic E-state index is 0.225. The standard InChI is InChI=1S/C26H29N9O2/c1-17-21(16-37-33-17)25(36)28-20-6-2-18(3-7-20)15-34-10-12-35(13-11-34)26-27-9-8-23(30-26)29-24-14-22(31-32-24)19-4-5-19/h2-3,6-9,14,16,19H,4-5,10-13,15H2,1H3,(H,28,36)(H2,27,29,30,31,32). The lowest BCUT2D eigenvalue weighted by Gasteiger charge is -2.34. The van der Waals surface area contributed by atoms with Gasteiger partial charge in [-0.05, 0) is 43.5 Å². The molecule has 0 bridgehead atoms. The van der Waals surface area contributed by atoms with Crippen LogP contribution in [-0.2, 0) is 6.54 Å². The quantitative estimate of drug-likeness (QED) is 0.332. The van der Waals surface area contributed by atoms with Gasteiger partial charge in [-0.2, -0.15) is 10.1 Å². The average Bonchev–Trinajstić information content (AvgIpc) is 3.51. The SMILES string of the molecule is Cc1nocc1C(=O)Nc1ccc(CN2CCN(c3nccc(Nc4cc(C5CC5)[nH]n4)n3)CC2)cc1. The van der Waals surface area contributed by atoms with E-state index in [0.29, 0.717) is 17.2 Å². The summed E-state index contributed by atoms with van der Waals surface area (Å²) < 4.78 is 4.85. The predicted molar refractivity (Wildman–Crippen MR) is 139 cm³/mol. The Morgan fingerprint density at radius 2 is 1.92 bits per heavy atom. The van der Waals surface area contributed by atoms with E-state index in [1.165, 1.54) is 30.4 Å². The molecule has 0 atom stereocenters. The molecule has 0 unspecified atom stereocenters. The third kappa shape index (κ3) is 5.46. The molecule has 0 spiro atoms. The summed E-state index contributed by atoms with van der Waals surface area (Å²) in [5, 5.41) is 17.4. The van der Waals surface area contributed by atoms with Crippen molar-refractivity contribution in [3.05, 3.63) is 71.4 Å². The van der Waals surface area contributed by atoms with Gasteiger partial charge in [0.25, 0.3) is 5.91 Å². The van der Waals surface area contributed by atoms with Gasteiger partial charge in [0.15, 0.2) is 5.82 Å². The van der Waals surface area contributed by atoms with Crippen molar-refractivity contribution < 1.29 is 9.32 Å². The number of H-pyrrole nitrogens is 1. The third-order valence-electron chi connectivity index (χ3n) is 6.78. The zero-order chi connectivity index (χ0) is 25.2. The van der Waals surface area contributed by atoms with Crippen molar-refractivity contribution in [1.82, 2.24) is 30.2 Å². The highest BCUT2D eigenvalue weighted by Crippen LogP contribution is 2.39. The Kier molecular flexibility index (Phi) is 6.27. The minimum atomic E-state index is -0.225. The number of piperazine rings is 1. The lowest BCUT2D eigenvalue weighted by atomic mass is 10.1. The van der Waals surface area contributed by atoms with E-state index in [4.69, 9.17) is 9.51 Å². The number of aryl methyl sites for hydroxylation is 1. The van der Waals surface area contributed by atoms with Crippen molar-refractivity contribution >= 4 is 29.2 Å². The molecule has 1 saturated carbocycles. The summed E-state index contributed by atoms with van der Waals surface area (Å²) >= 11 is 0. The number of carbonyl (C=O) groups excluding carboxylic acids is 1. The van der Waals surface area contributed by atoms with Crippen LogP contribution >= 0.6 is 0 Å². The van der Waals surface area contributed by atoms with Crippen molar-refractivity contribution in [3.8, 4) is 0 Å². The molecule has 37 heavy (non-hydrogen) atoms. The Labute approximate surface area is 214 Å². The number of carbonyl (C=O) groups is 1. The highest BCUT2D eigenvalue weighted by atomic mass is 16.5. The number of amides is 1. The number of nitrogens with one attached hydrogen (secondary N) is 3. The molecule has 1 aliphatic carbocycles. The Morgan fingerprint density at radius 1 is 1.11 bits per heavy atom. The van der Waals surface area contributed by atoms with Gasteiger partial charge in [0.05, 0.1) is 5.69 Å². The second kappa shape index (κ2) is 10.0. The van der Waals surface area contributed by atoms with Gasteiger partial charge in [-0.15, -0.1) is 0 Å². The first-order chi connectivity index (χ1) is 18.1. The number of rotatable bonds is 8. The van der Waals surface area contributed by atoms with Gasteiger partial charge in [0.2, 0.25) is 5.95 Å². The fourth-order valence-electron chi connectivity index (χ4n) is 4.47. The third-order valence-corrected chi connectivity index (χ3v) is 6.78. The topological polar surface area (TPSA) is 128 Å². The molecule has 1 amide bonds. The summed E-state index contributed by atoms with van der Waals surface area (Å²) in [7, 11) is 0. The average molecular weight is 500 g/mol. The van der Waals surface area contributed by atoms with Crippen LogP contribution in [0.25, 0.3) is 0 Å². The zero-order valence-electron chi connectivity index (χ0n) is 20.6. The van der Waals surface area contributed by atoms with Crippen molar-refractivity contribution in [2.45, 2.75) is 32.2 Å². The second-order valence-electron chi connectivity index (χ2n) is 9.58. The van der Waals surface area contributed by atoms with Gasteiger partial charge in [-0.25, -0.2) is 4.98 Å². The van der Waals surface area contributed by atoms with Gasteiger partial charge >= 0.3 is 0 Å². The number of hydrogen-bond acceptors (Lipinski definition) is 9. The van der Waals surface area contributed by atoms with E-state index >= 15 is 0 Å². The Bertz CT molecular complexity index is 1370. The maximum atomic E-state index is 12.3. The zero-order valence-corrected chi connectivity index (χ0v) is 20.6. The molecule has 2 fully saturated rings. The van der Waals surface area contributed by atoms with Crippen molar-refractivity contribution in [3.63, 3.8) is 0 Å². The fourth-order valence-corrected chi connectivity index (χ4v) is 4.47. The first kappa shape index (κ1) is 23.2. The highest BCUT2D eigenvalue weighted by molar-refractivity contribution is 6.04. The molecule has 11 nitrogen and oxygen atoms in total. The Morgan fingerprint density at radius 3 is 2.65 bits per heavy atom. The molecule has 4 aromatic rings. The van der Waals surface area contributed by atoms with Gasteiger partial charge < -0.3 is 20.1 Å². The largest absolute Gasteiger partial charge is 0.364 e. The maximum Gasteiger partial charge on any atom is 0.260 e. The molecule has 4 heterocycles. The number of aromatic amines is 1. The molecule has 6 rings (SSSR count). The first-order valence-electron chi connectivity index (χ1n) is 12.5. The Balaban J connectivity index is 0.999. The summed E-state index contributed by atoms with van der Waals surface area (Å²) in [6.45, 7) is 6.12. The Hall–Kier alpha value is -4.25. The second-order valence-corrected chi connectivity index (χ2v) is 9.58. The number of anilines is 4. The van der Waals surface area contributed by atoms with Crippen LogP contribution in [0.3, 0.4) is 0 Å². The van der Waals surface area contributed by atoms with Crippen LogP contribution < -0.4 is 15.5 Å². The van der Waals surface area contributed by atoms with Crippen LogP contribution in [0.5, 0.6) is 0 Å². The molecule has 1 aromatic carbocycles. The molecule has 0 radical (unpaired) electrons.